The molecule has 0 radical (unpaired) electrons. The lowest BCUT2D eigenvalue weighted by molar-refractivity contribution is -0.169. The summed E-state index contributed by atoms with van der Waals surface area (Å²) in [6.45, 7) is 10.4. The second-order valence-corrected chi connectivity index (χ2v) is 6.18. The topological polar surface area (TPSA) is 77.7 Å². The van der Waals surface area contributed by atoms with E-state index in [0.717, 1.165) is 0 Å². The Labute approximate surface area is 106 Å². The molecule has 1 heterocycles. The molecule has 1 fully saturated rings. The van der Waals surface area contributed by atoms with E-state index in [2.05, 4.69) is 9.78 Å². The maximum Gasteiger partial charge on any atom is 0.373 e. The van der Waals surface area contributed by atoms with Gasteiger partial charge in [-0.1, -0.05) is 0 Å². The standard InChI is InChI=1S/C12H20O6/c1-10(2,3)15-8(13)7-12(17-18-12)9(14)16-11(4,5)6/h7H2,1-6H3. The molecule has 0 spiro atoms. The van der Waals surface area contributed by atoms with E-state index < -0.39 is 28.9 Å². The molecule has 0 aromatic rings. The van der Waals surface area contributed by atoms with E-state index in [0.29, 0.717) is 0 Å². The van der Waals surface area contributed by atoms with Gasteiger partial charge in [-0.3, -0.25) is 4.79 Å². The lowest BCUT2D eigenvalue weighted by Crippen LogP contribution is -2.37. The molecule has 0 atom stereocenters. The summed E-state index contributed by atoms with van der Waals surface area (Å²) in [5, 5.41) is 0. The predicted octanol–water partition coefficient (Wildman–Crippen LogP) is 1.72. The Hall–Kier alpha value is -1.14. The number of carbonyl (C=O) groups excluding carboxylic acids is 2. The molecule has 0 unspecified atom stereocenters. The van der Waals surface area contributed by atoms with Gasteiger partial charge < -0.3 is 9.47 Å². The quantitative estimate of drug-likeness (QED) is 0.437. The Morgan fingerprint density at radius 2 is 1.39 bits per heavy atom. The van der Waals surface area contributed by atoms with Crippen LogP contribution in [0.5, 0.6) is 0 Å². The van der Waals surface area contributed by atoms with Gasteiger partial charge in [0.15, 0.2) is 0 Å². The van der Waals surface area contributed by atoms with Gasteiger partial charge in [-0.15, -0.1) is 0 Å². The molecule has 0 saturated carbocycles. The van der Waals surface area contributed by atoms with Gasteiger partial charge in [0.1, 0.15) is 17.6 Å². The molecule has 0 aromatic carbocycles. The van der Waals surface area contributed by atoms with Crippen LogP contribution in [0.2, 0.25) is 0 Å². The van der Waals surface area contributed by atoms with Crippen LogP contribution in [0.3, 0.4) is 0 Å². The summed E-state index contributed by atoms with van der Waals surface area (Å²) < 4.78 is 10.2. The predicted molar refractivity (Wildman–Crippen MR) is 61.2 cm³/mol. The summed E-state index contributed by atoms with van der Waals surface area (Å²) in [6, 6.07) is 0. The van der Waals surface area contributed by atoms with Gasteiger partial charge in [0.05, 0.1) is 0 Å². The van der Waals surface area contributed by atoms with Crippen LogP contribution < -0.4 is 0 Å². The minimum atomic E-state index is -1.63. The maximum atomic E-state index is 11.8. The van der Waals surface area contributed by atoms with Crippen LogP contribution >= 0.6 is 0 Å². The number of esters is 2. The SMILES string of the molecule is CC(C)(C)OC(=O)CC1(C(=O)OC(C)(C)C)OO1. The van der Waals surface area contributed by atoms with Crippen molar-refractivity contribution in [3.63, 3.8) is 0 Å². The minimum Gasteiger partial charge on any atom is -0.460 e. The number of carbonyl (C=O) groups is 2. The van der Waals surface area contributed by atoms with E-state index in [-0.39, 0.29) is 6.42 Å². The highest BCUT2D eigenvalue weighted by atomic mass is 17.4. The second-order valence-electron chi connectivity index (χ2n) is 6.18. The number of rotatable bonds is 3. The van der Waals surface area contributed by atoms with Crippen LogP contribution in [-0.2, 0) is 28.8 Å². The first-order chi connectivity index (χ1) is 7.94. The Kier molecular flexibility index (Phi) is 3.74. The summed E-state index contributed by atoms with van der Waals surface area (Å²) >= 11 is 0. The van der Waals surface area contributed by atoms with Crippen LogP contribution in [0.1, 0.15) is 48.0 Å². The van der Waals surface area contributed by atoms with Gasteiger partial charge in [0.25, 0.3) is 0 Å². The van der Waals surface area contributed by atoms with Crippen molar-refractivity contribution in [2.24, 2.45) is 0 Å². The Balaban J connectivity index is 2.56. The molecule has 6 heteroatoms. The van der Waals surface area contributed by atoms with Crippen molar-refractivity contribution in [2.45, 2.75) is 65.0 Å². The van der Waals surface area contributed by atoms with Crippen LogP contribution in [0.4, 0.5) is 0 Å². The van der Waals surface area contributed by atoms with E-state index in [1.807, 2.05) is 0 Å². The zero-order valence-corrected chi connectivity index (χ0v) is 11.7. The fraction of sp³-hybridized carbons (Fsp3) is 0.833. The summed E-state index contributed by atoms with van der Waals surface area (Å²) in [7, 11) is 0. The highest BCUT2D eigenvalue weighted by Crippen LogP contribution is 2.36. The van der Waals surface area contributed by atoms with Crippen LogP contribution in [0, 0.1) is 0 Å². The fourth-order valence-electron chi connectivity index (χ4n) is 1.17. The summed E-state index contributed by atoms with van der Waals surface area (Å²) in [6.07, 6.45) is -0.320. The van der Waals surface area contributed by atoms with E-state index in [1.54, 1.807) is 41.5 Å². The first kappa shape index (κ1) is 14.9. The first-order valence-corrected chi connectivity index (χ1v) is 5.76. The Morgan fingerprint density at radius 3 is 1.72 bits per heavy atom. The highest BCUT2D eigenvalue weighted by molar-refractivity contribution is 5.86. The molecular weight excluding hydrogens is 240 g/mol. The van der Waals surface area contributed by atoms with Crippen molar-refractivity contribution in [3.8, 4) is 0 Å². The summed E-state index contributed by atoms with van der Waals surface area (Å²) in [5.41, 5.74) is -1.30. The molecule has 0 N–H and O–H groups in total. The van der Waals surface area contributed by atoms with Gasteiger partial charge in [-0.25, -0.2) is 4.79 Å². The maximum absolute atomic E-state index is 11.8. The molecule has 0 bridgehead atoms. The van der Waals surface area contributed by atoms with Crippen LogP contribution in [0.15, 0.2) is 0 Å². The van der Waals surface area contributed by atoms with E-state index >= 15 is 0 Å². The smallest absolute Gasteiger partial charge is 0.373 e. The Morgan fingerprint density at radius 1 is 0.944 bits per heavy atom. The van der Waals surface area contributed by atoms with Crippen molar-refractivity contribution in [1.29, 1.82) is 0 Å². The molecule has 1 saturated heterocycles. The van der Waals surface area contributed by atoms with Crippen LogP contribution in [0.25, 0.3) is 0 Å². The molecule has 0 amide bonds. The molecule has 1 aliphatic heterocycles. The van der Waals surface area contributed by atoms with Crippen LogP contribution in [-0.4, -0.2) is 28.9 Å². The average Bonchev–Trinajstić information content (AvgIpc) is 2.77. The fourth-order valence-corrected chi connectivity index (χ4v) is 1.17. The van der Waals surface area contributed by atoms with Gasteiger partial charge in [0, 0.05) is 0 Å². The average molecular weight is 260 g/mol. The number of hydrogen-bond acceptors (Lipinski definition) is 6. The molecular formula is C12H20O6. The van der Waals surface area contributed by atoms with Crippen molar-refractivity contribution >= 4 is 11.9 Å². The molecule has 0 aromatic heterocycles. The molecule has 104 valence electrons. The van der Waals surface area contributed by atoms with Crippen molar-refractivity contribution in [1.82, 2.24) is 0 Å². The van der Waals surface area contributed by atoms with Gasteiger partial charge in [-0.2, -0.15) is 9.78 Å². The number of ether oxygens (including phenoxy) is 2. The molecule has 18 heavy (non-hydrogen) atoms. The lowest BCUT2D eigenvalue weighted by atomic mass is 10.1. The van der Waals surface area contributed by atoms with Gasteiger partial charge >= 0.3 is 17.7 Å². The lowest BCUT2D eigenvalue weighted by Gasteiger charge is -2.22. The summed E-state index contributed by atoms with van der Waals surface area (Å²) in [4.78, 5) is 32.6. The van der Waals surface area contributed by atoms with E-state index in [1.165, 1.54) is 0 Å². The third-order valence-corrected chi connectivity index (χ3v) is 1.79. The van der Waals surface area contributed by atoms with Crippen molar-refractivity contribution in [3.05, 3.63) is 0 Å². The molecule has 6 nitrogen and oxygen atoms in total. The van der Waals surface area contributed by atoms with E-state index in [4.69, 9.17) is 9.47 Å². The first-order valence-electron chi connectivity index (χ1n) is 5.76. The van der Waals surface area contributed by atoms with Gasteiger partial charge in [0.2, 0.25) is 0 Å². The molecule has 0 aliphatic carbocycles. The van der Waals surface area contributed by atoms with E-state index in [9.17, 15) is 9.59 Å². The van der Waals surface area contributed by atoms with Gasteiger partial charge in [-0.05, 0) is 41.5 Å². The second kappa shape index (κ2) is 4.51. The third kappa shape index (κ3) is 4.62. The zero-order chi connectivity index (χ0) is 14.2. The summed E-state index contributed by atoms with van der Waals surface area (Å²) in [5.74, 6) is -2.93. The Bertz CT molecular complexity index is 343. The number of hydrogen-bond donors (Lipinski definition) is 0. The minimum absolute atomic E-state index is 0.320. The molecule has 1 aliphatic rings. The zero-order valence-electron chi connectivity index (χ0n) is 11.7. The largest absolute Gasteiger partial charge is 0.460 e. The normalized spacial score (nSPS) is 18.1. The van der Waals surface area contributed by atoms with Crippen molar-refractivity contribution < 1.29 is 28.8 Å². The third-order valence-electron chi connectivity index (χ3n) is 1.79. The highest BCUT2D eigenvalue weighted by Gasteiger charge is 2.61. The monoisotopic (exact) mass is 260 g/mol. The van der Waals surface area contributed by atoms with Crippen molar-refractivity contribution in [2.75, 3.05) is 0 Å². The molecule has 1 rings (SSSR count).